The Kier molecular flexibility index (Phi) is 3.28. The topological polar surface area (TPSA) is 9.23 Å². The molecule has 0 saturated heterocycles. The van der Waals surface area contributed by atoms with Crippen molar-refractivity contribution in [2.75, 3.05) is 0 Å². The van der Waals surface area contributed by atoms with E-state index >= 15 is 0 Å². The molecule has 1 nitrogen and oxygen atoms in total. The number of hydrogen-bond donors (Lipinski definition) is 0. The second-order valence-corrected chi connectivity index (χ2v) is 8.43. The van der Waals surface area contributed by atoms with Gasteiger partial charge in [0.2, 0.25) is 0 Å². The molecule has 1 heterocycles. The highest BCUT2D eigenvalue weighted by molar-refractivity contribution is 9.10. The van der Waals surface area contributed by atoms with Crippen LogP contribution in [0.25, 0.3) is 5.57 Å². The summed E-state index contributed by atoms with van der Waals surface area (Å²) in [5.41, 5.74) is 2.76. The lowest BCUT2D eigenvalue weighted by Crippen LogP contribution is -2.37. The molecule has 1 fully saturated rings. The molecular formula is C18H23BrO. The lowest BCUT2D eigenvalue weighted by atomic mass is 9.77. The minimum atomic E-state index is -0.00411. The molecule has 1 aromatic carbocycles. The second kappa shape index (κ2) is 4.62. The van der Waals surface area contributed by atoms with E-state index in [2.05, 4.69) is 61.5 Å². The van der Waals surface area contributed by atoms with Gasteiger partial charge in [-0.2, -0.15) is 0 Å². The fourth-order valence-electron chi connectivity index (χ4n) is 3.70. The van der Waals surface area contributed by atoms with Crippen molar-refractivity contribution >= 4 is 21.5 Å². The Hall–Kier alpha value is -0.760. The van der Waals surface area contributed by atoms with Crippen molar-refractivity contribution in [1.82, 2.24) is 0 Å². The van der Waals surface area contributed by atoms with Crippen LogP contribution in [0.15, 0.2) is 29.3 Å². The van der Waals surface area contributed by atoms with E-state index in [4.69, 9.17) is 4.74 Å². The van der Waals surface area contributed by atoms with Gasteiger partial charge in [-0.05, 0) is 54.4 Å². The molecule has 3 rings (SSSR count). The van der Waals surface area contributed by atoms with Gasteiger partial charge < -0.3 is 4.74 Å². The Morgan fingerprint density at radius 3 is 2.75 bits per heavy atom. The first-order valence-corrected chi connectivity index (χ1v) is 8.25. The molecule has 2 aliphatic rings. The zero-order valence-corrected chi connectivity index (χ0v) is 14.2. The third kappa shape index (κ3) is 2.43. The van der Waals surface area contributed by atoms with E-state index in [-0.39, 0.29) is 5.60 Å². The lowest BCUT2D eigenvalue weighted by molar-refractivity contribution is 0.0617. The maximum Gasteiger partial charge on any atom is 0.127 e. The highest BCUT2D eigenvalue weighted by Gasteiger charge is 2.47. The summed E-state index contributed by atoms with van der Waals surface area (Å²) in [5, 5.41) is 0. The summed E-state index contributed by atoms with van der Waals surface area (Å²) in [4.78, 5) is 0. The van der Waals surface area contributed by atoms with Gasteiger partial charge in [0.05, 0.1) is 0 Å². The summed E-state index contributed by atoms with van der Waals surface area (Å²) in [6, 6.07) is 6.26. The number of ether oxygens (including phenoxy) is 1. The Labute approximate surface area is 130 Å². The summed E-state index contributed by atoms with van der Waals surface area (Å²) in [6.07, 6.45) is 4.56. The van der Waals surface area contributed by atoms with Crippen molar-refractivity contribution in [2.24, 2.45) is 11.3 Å². The zero-order chi connectivity index (χ0) is 14.5. The summed E-state index contributed by atoms with van der Waals surface area (Å²) in [5.74, 6) is 1.76. The number of rotatable bonds is 0. The molecule has 1 aliphatic carbocycles. The summed E-state index contributed by atoms with van der Waals surface area (Å²) >= 11 is 3.53. The van der Waals surface area contributed by atoms with E-state index in [1.54, 1.807) is 0 Å². The Morgan fingerprint density at radius 1 is 1.35 bits per heavy atom. The van der Waals surface area contributed by atoms with Gasteiger partial charge in [0, 0.05) is 16.5 Å². The van der Waals surface area contributed by atoms with Gasteiger partial charge in [0.15, 0.2) is 0 Å². The molecule has 0 bridgehead atoms. The molecule has 108 valence electrons. The van der Waals surface area contributed by atoms with Crippen LogP contribution in [0.5, 0.6) is 5.75 Å². The van der Waals surface area contributed by atoms with Crippen molar-refractivity contribution in [1.29, 1.82) is 0 Å². The van der Waals surface area contributed by atoms with Crippen LogP contribution in [0.4, 0.5) is 0 Å². The van der Waals surface area contributed by atoms with Crippen molar-refractivity contribution in [2.45, 2.75) is 52.1 Å². The van der Waals surface area contributed by atoms with Gasteiger partial charge in [-0.15, -0.1) is 0 Å². The van der Waals surface area contributed by atoms with Crippen molar-refractivity contribution in [3.8, 4) is 5.75 Å². The third-order valence-corrected chi connectivity index (χ3v) is 5.47. The van der Waals surface area contributed by atoms with Gasteiger partial charge in [0.25, 0.3) is 0 Å². The fraction of sp³-hybridized carbons (Fsp3) is 0.556. The second-order valence-electron chi connectivity index (χ2n) is 7.51. The van der Waals surface area contributed by atoms with E-state index < -0.39 is 0 Å². The van der Waals surface area contributed by atoms with E-state index in [0.29, 0.717) is 5.41 Å². The van der Waals surface area contributed by atoms with Crippen LogP contribution in [0, 0.1) is 11.3 Å². The lowest BCUT2D eigenvalue weighted by Gasteiger charge is -2.38. The molecule has 1 aliphatic heterocycles. The maximum absolute atomic E-state index is 6.45. The van der Waals surface area contributed by atoms with Crippen LogP contribution in [-0.4, -0.2) is 5.60 Å². The van der Waals surface area contributed by atoms with Crippen LogP contribution in [0.3, 0.4) is 0 Å². The SMILES string of the molecule is C=C1CC2(CCC(C(C)(C)C)C2)Oc2ccc(Br)cc21. The summed E-state index contributed by atoms with van der Waals surface area (Å²) < 4.78 is 7.54. The predicted octanol–water partition coefficient (Wildman–Crippen LogP) is 5.83. The van der Waals surface area contributed by atoms with Crippen LogP contribution in [0.2, 0.25) is 0 Å². The van der Waals surface area contributed by atoms with Crippen LogP contribution < -0.4 is 4.74 Å². The molecule has 1 spiro atoms. The zero-order valence-electron chi connectivity index (χ0n) is 12.6. The van der Waals surface area contributed by atoms with Crippen LogP contribution in [0.1, 0.15) is 52.0 Å². The molecule has 2 unspecified atom stereocenters. The van der Waals surface area contributed by atoms with Crippen molar-refractivity contribution < 1.29 is 4.74 Å². The highest BCUT2D eigenvalue weighted by Crippen LogP contribution is 2.52. The largest absolute Gasteiger partial charge is 0.486 e. The Morgan fingerprint density at radius 2 is 2.10 bits per heavy atom. The fourth-order valence-corrected chi connectivity index (χ4v) is 4.06. The maximum atomic E-state index is 6.45. The van der Waals surface area contributed by atoms with Gasteiger partial charge in [-0.3, -0.25) is 0 Å². The van der Waals surface area contributed by atoms with E-state index in [1.807, 2.05) is 0 Å². The van der Waals surface area contributed by atoms with Crippen molar-refractivity contribution in [3.63, 3.8) is 0 Å². The number of benzene rings is 1. The minimum absolute atomic E-state index is 0.00411. The molecule has 20 heavy (non-hydrogen) atoms. The molecule has 1 aromatic rings. The number of halogens is 1. The molecule has 0 aromatic heterocycles. The van der Waals surface area contributed by atoms with Gasteiger partial charge in [0.1, 0.15) is 11.4 Å². The Bertz CT molecular complexity index is 555. The van der Waals surface area contributed by atoms with Crippen LogP contribution >= 0.6 is 15.9 Å². The molecule has 0 amide bonds. The van der Waals surface area contributed by atoms with E-state index in [0.717, 1.165) is 35.4 Å². The molecule has 0 N–H and O–H groups in total. The first-order chi connectivity index (χ1) is 9.29. The van der Waals surface area contributed by atoms with E-state index in [9.17, 15) is 0 Å². The Balaban J connectivity index is 1.89. The highest BCUT2D eigenvalue weighted by atomic mass is 79.9. The smallest absolute Gasteiger partial charge is 0.127 e. The monoisotopic (exact) mass is 334 g/mol. The number of hydrogen-bond acceptors (Lipinski definition) is 1. The number of fused-ring (bicyclic) bond motifs is 1. The van der Waals surface area contributed by atoms with Crippen molar-refractivity contribution in [3.05, 3.63) is 34.8 Å². The average molecular weight is 335 g/mol. The first-order valence-electron chi connectivity index (χ1n) is 7.46. The molecular weight excluding hydrogens is 312 g/mol. The summed E-state index contributed by atoms with van der Waals surface area (Å²) in [6.45, 7) is 11.3. The van der Waals surface area contributed by atoms with Gasteiger partial charge in [-0.25, -0.2) is 0 Å². The first kappa shape index (κ1) is 14.2. The van der Waals surface area contributed by atoms with Crippen LogP contribution in [-0.2, 0) is 0 Å². The standard InChI is InChI=1S/C18H23BrO/c1-12-10-18(8-7-13(11-18)17(2,3)4)20-16-6-5-14(19)9-15(12)16/h5-6,9,13H,1,7-8,10-11H2,2-4H3. The molecule has 2 atom stereocenters. The molecule has 0 radical (unpaired) electrons. The molecule has 2 heteroatoms. The average Bonchev–Trinajstić information content (AvgIpc) is 2.74. The quantitative estimate of drug-likeness (QED) is 0.579. The summed E-state index contributed by atoms with van der Waals surface area (Å²) in [7, 11) is 0. The predicted molar refractivity (Wildman–Crippen MR) is 87.9 cm³/mol. The van der Waals surface area contributed by atoms with Gasteiger partial charge in [-0.1, -0.05) is 43.3 Å². The molecule has 1 saturated carbocycles. The minimum Gasteiger partial charge on any atom is -0.486 e. The van der Waals surface area contributed by atoms with Gasteiger partial charge >= 0.3 is 0 Å². The van der Waals surface area contributed by atoms with E-state index in [1.165, 1.54) is 17.6 Å². The third-order valence-electron chi connectivity index (χ3n) is 4.98. The normalized spacial score (nSPS) is 29.4.